The van der Waals surface area contributed by atoms with Crippen LogP contribution in [0.25, 0.3) is 120 Å². The Bertz CT molecular complexity index is 8580. The Morgan fingerprint density at radius 3 is 0.870 bits per heavy atom. The Hall–Kier alpha value is -14.7. The van der Waals surface area contributed by atoms with Gasteiger partial charge in [0.05, 0.1) is 33.6 Å². The smallest absolute Gasteiger partial charge is 0.266 e. The predicted octanol–water partition coefficient (Wildman–Crippen LogP) is 36.3. The molecule has 0 saturated carbocycles. The number of allylic oxidation sites excluding steroid dienone is 8. The summed E-state index contributed by atoms with van der Waals surface area (Å²) in [6, 6.07) is 78.5. The quantitative estimate of drug-likeness (QED) is 0.0447. The van der Waals surface area contributed by atoms with Gasteiger partial charge in [-0.1, -0.05) is 298 Å². The largest absolute Gasteiger partial charge is 0.457 e. The van der Waals surface area contributed by atoms with Gasteiger partial charge in [-0.3, -0.25) is 19.2 Å². The number of carbonyl (C=O) groups excluding carboxylic acids is 4. The van der Waals surface area contributed by atoms with Gasteiger partial charge in [-0.05, 0) is 359 Å². The highest BCUT2D eigenvalue weighted by Crippen LogP contribution is 2.67. The molecule has 0 spiro atoms. The van der Waals surface area contributed by atoms with Gasteiger partial charge in [-0.2, -0.15) is 0 Å². The number of amides is 4. The molecule has 17 aromatic rings. The highest BCUT2D eigenvalue weighted by Gasteiger charge is 2.52. The Labute approximate surface area is 857 Å². The van der Waals surface area contributed by atoms with E-state index < -0.39 is 11.8 Å². The molecule has 2 heterocycles. The molecule has 17 aromatic carbocycles. The van der Waals surface area contributed by atoms with E-state index in [-0.39, 0.29) is 69.0 Å². The van der Waals surface area contributed by atoms with Crippen LogP contribution in [0.1, 0.15) is 318 Å². The molecule has 0 saturated heterocycles. The lowest BCUT2D eigenvalue weighted by Crippen LogP contribution is -2.42. The van der Waals surface area contributed by atoms with Crippen molar-refractivity contribution in [2.24, 2.45) is 11.8 Å². The fourth-order valence-corrected chi connectivity index (χ4v) is 25.1. The van der Waals surface area contributed by atoms with E-state index in [4.69, 9.17) is 18.9 Å². The summed E-state index contributed by atoms with van der Waals surface area (Å²) in [7, 11) is 0. The summed E-state index contributed by atoms with van der Waals surface area (Å²) >= 11 is 0. The molecule has 4 amide bonds. The number of fused-ring (bicyclic) bond motifs is 12. The van der Waals surface area contributed by atoms with Gasteiger partial charge in [0.2, 0.25) is 0 Å². The maximum absolute atomic E-state index is 16.4. The number of anilines is 2. The molecule has 0 aromatic heterocycles. The Kier molecular flexibility index (Phi) is 21.4. The monoisotopic (exact) mass is 1910 g/mol. The summed E-state index contributed by atoms with van der Waals surface area (Å²) in [5.74, 6) is 2.79. The third kappa shape index (κ3) is 14.6. The van der Waals surface area contributed by atoms with Crippen molar-refractivity contribution in [2.45, 2.75) is 237 Å². The number of hydrogen-bond donors (Lipinski definition) is 0. The first kappa shape index (κ1) is 93.6. The molecule has 2 unspecified atom stereocenters. The molecule has 0 fully saturated rings. The molecule has 10 nitrogen and oxygen atoms in total. The van der Waals surface area contributed by atoms with Crippen molar-refractivity contribution >= 4 is 133 Å². The first-order valence-corrected chi connectivity index (χ1v) is 52.8. The highest BCUT2D eigenvalue weighted by atomic mass is 16.5. The molecule has 0 N–H and O–H groups in total. The van der Waals surface area contributed by atoms with Gasteiger partial charge in [0, 0.05) is 55.3 Å². The van der Waals surface area contributed by atoms with Crippen LogP contribution in [0.3, 0.4) is 0 Å². The van der Waals surface area contributed by atoms with E-state index in [0.717, 1.165) is 141 Å². The number of carbonyl (C=O) groups is 4. The normalized spacial score (nSPS) is 15.7. The summed E-state index contributed by atoms with van der Waals surface area (Å²) in [5.41, 5.74) is 31.8. The van der Waals surface area contributed by atoms with Crippen molar-refractivity contribution in [3.05, 3.63) is 365 Å². The van der Waals surface area contributed by atoms with Crippen molar-refractivity contribution < 1.29 is 38.1 Å². The molecule has 10 heteroatoms. The summed E-state index contributed by atoms with van der Waals surface area (Å²) in [6.45, 7) is 52.6. The second-order valence-corrected chi connectivity index (χ2v) is 47.7. The van der Waals surface area contributed by atoms with Crippen LogP contribution in [0.15, 0.2) is 243 Å². The van der Waals surface area contributed by atoms with Gasteiger partial charge in [0.15, 0.2) is 0 Å². The van der Waals surface area contributed by atoms with Crippen LogP contribution in [0.4, 0.5) is 11.4 Å². The van der Waals surface area contributed by atoms with Gasteiger partial charge in [0.1, 0.15) is 46.0 Å². The highest BCUT2D eigenvalue weighted by molar-refractivity contribution is 6.46. The molecule has 728 valence electrons. The first-order valence-electron chi connectivity index (χ1n) is 52.8. The minimum atomic E-state index is -0.390. The minimum Gasteiger partial charge on any atom is -0.457 e. The Balaban J connectivity index is 0.613. The van der Waals surface area contributed by atoms with Crippen LogP contribution in [0, 0.1) is 25.7 Å². The van der Waals surface area contributed by atoms with Crippen LogP contribution in [0.2, 0.25) is 0 Å². The molecular formula is C136H126N2O8. The fraction of sp³-hybridized carbons (Fsp3) is 0.279. The zero-order valence-electron chi connectivity index (χ0n) is 88.5. The van der Waals surface area contributed by atoms with Crippen molar-refractivity contribution in [3.63, 3.8) is 0 Å². The Morgan fingerprint density at radius 2 is 0.555 bits per heavy atom. The van der Waals surface area contributed by atoms with E-state index in [1.165, 1.54) is 104 Å². The summed E-state index contributed by atoms with van der Waals surface area (Å²) < 4.78 is 29.7. The van der Waals surface area contributed by atoms with E-state index >= 15 is 19.2 Å². The maximum atomic E-state index is 16.4. The zero-order valence-corrected chi connectivity index (χ0v) is 88.5. The number of rotatable bonds is 19. The molecule has 146 heavy (non-hydrogen) atoms. The lowest BCUT2D eigenvalue weighted by molar-refractivity contribution is 0.0877. The van der Waals surface area contributed by atoms with E-state index in [9.17, 15) is 0 Å². The van der Waals surface area contributed by atoms with Crippen LogP contribution in [-0.2, 0) is 47.3 Å². The number of nitrogens with zero attached hydrogens (tertiary/aromatic N) is 2. The van der Waals surface area contributed by atoms with Gasteiger partial charge in [0.25, 0.3) is 23.6 Å². The van der Waals surface area contributed by atoms with Crippen molar-refractivity contribution in [3.8, 4) is 68.2 Å². The number of imide groups is 2. The van der Waals surface area contributed by atoms with E-state index in [1.54, 1.807) is 0 Å². The molecule has 5 aliphatic carbocycles. The summed E-state index contributed by atoms with van der Waals surface area (Å²) in [6.07, 6.45) is 12.6. The first-order chi connectivity index (χ1) is 69.6. The van der Waals surface area contributed by atoms with Crippen LogP contribution < -0.4 is 28.7 Å². The zero-order chi connectivity index (χ0) is 102. The number of ether oxygens (including phenoxy) is 4. The Morgan fingerprint density at radius 1 is 0.274 bits per heavy atom. The fourth-order valence-electron chi connectivity index (χ4n) is 25.1. The van der Waals surface area contributed by atoms with Gasteiger partial charge in [-0.25, -0.2) is 9.80 Å². The average Bonchev–Trinajstić information content (AvgIpc) is 1.17. The van der Waals surface area contributed by atoms with Gasteiger partial charge >= 0.3 is 0 Å². The topological polar surface area (TPSA) is 112 Å². The number of hydrogen-bond acceptors (Lipinski definition) is 8. The average molecular weight is 1920 g/mol. The molecule has 2 atom stereocenters. The second-order valence-electron chi connectivity index (χ2n) is 47.7. The lowest BCUT2D eigenvalue weighted by atomic mass is 9.62. The van der Waals surface area contributed by atoms with Gasteiger partial charge in [-0.15, -0.1) is 0 Å². The van der Waals surface area contributed by atoms with E-state index in [1.807, 2.05) is 72.8 Å². The molecule has 0 radical (unpaired) electrons. The van der Waals surface area contributed by atoms with Crippen molar-refractivity contribution in [2.75, 3.05) is 9.80 Å². The molecule has 24 rings (SSSR count). The van der Waals surface area contributed by atoms with Crippen LogP contribution >= 0.6 is 0 Å². The van der Waals surface area contributed by atoms with Crippen molar-refractivity contribution in [1.29, 1.82) is 0 Å². The van der Waals surface area contributed by atoms with Crippen LogP contribution in [-0.4, -0.2) is 23.6 Å². The third-order valence-electron chi connectivity index (χ3n) is 33.0. The predicted molar refractivity (Wildman–Crippen MR) is 604 cm³/mol. The van der Waals surface area contributed by atoms with E-state index in [0.29, 0.717) is 90.4 Å². The molecule has 7 aliphatic rings. The standard InChI is InChI=1S/C136H126N2O8/c1-25-75-55-99(69(3)4)127(100(56-75)70(5)6)137-129(139)107-65-111(143-87-37-29-83(30-38-87)133(13,14)15)121-95-49-45-91-103-61-79-53-73(11)77(59-81(79)63-105(103)93-47-51-97(117(95)115(91)93)123-113(67-109(131(137)141)119(107)125(121)123)145-89-41-33-85(34-42-89)135(19,20)21)27-28-78-60-82-64-106-94-48-52-98-118-96(50-46-92(116(94)118)104(106)62-80(82)54-74(78)12)122-112(144-88-39-31-84(32-40-88)134(16,17)18)66-108-120-110(68-114(124(98)126(120)122)146-90-43-35-86(36-44-90)136(22,23)24)132(142)138(130(108)140)128-101(71(7)8)57-76(26-2)58-102(128)72(9)10/h29-72,115,117H,25-28H2,1-24H3. The maximum Gasteiger partial charge on any atom is 0.266 e. The minimum absolute atomic E-state index is 0.00521. The molecule has 2 aliphatic heterocycles. The molecule has 0 bridgehead atoms. The van der Waals surface area contributed by atoms with Crippen molar-refractivity contribution in [1.82, 2.24) is 0 Å². The third-order valence-corrected chi connectivity index (χ3v) is 33.0. The van der Waals surface area contributed by atoms with Crippen LogP contribution in [0.5, 0.6) is 46.0 Å². The number of benzene rings is 17. The lowest BCUT2D eigenvalue weighted by Gasteiger charge is -2.42. The second kappa shape index (κ2) is 33.4. The SMILES string of the molecule is CCc1cc(C(C)C)c(N2C(=O)c3cc(Oc4ccc(C(C)(C)C)cc4)c4c5c(c(Oc6ccc(C(C)(C)C)cc6)cc(c35)C2=O)C2=CC=C3c5cc6cc(CCc7cc8cc9c(cc8cc7C)-c7ccc8c%10c(Oc%11ccc(C(C)(C)C)cc%11)cc%11c%12c(cc(Oc%13ccc(C(C)(C)C)cc%13)c(c%13ccc-9c7c8%13)c%12%10)C(=O)N(c7c(C(C)C)cc(CC)cc7C(C)C)C%11=O)c(C)cc6cc5C5=CC=C4C2C53)c(C(C)C)c1. The van der Waals surface area contributed by atoms with E-state index in [2.05, 4.69) is 336 Å². The van der Waals surface area contributed by atoms with Gasteiger partial charge < -0.3 is 18.9 Å². The summed E-state index contributed by atoms with van der Waals surface area (Å²) in [5, 5.41) is 13.1. The summed E-state index contributed by atoms with van der Waals surface area (Å²) in [4.78, 5) is 68.6. The molecular weight excluding hydrogens is 1790 g/mol. The number of aryl methyl sites for hydroxylation is 6.